The van der Waals surface area contributed by atoms with Gasteiger partial charge in [-0.15, -0.1) is 0 Å². The van der Waals surface area contributed by atoms with Gasteiger partial charge in [0.15, 0.2) is 0 Å². The average molecular weight is 213 g/mol. The van der Waals surface area contributed by atoms with E-state index in [1.54, 1.807) is 0 Å². The van der Waals surface area contributed by atoms with E-state index < -0.39 is 0 Å². The molecule has 0 aliphatic carbocycles. The predicted molar refractivity (Wildman–Crippen MR) is 70.2 cm³/mol. The second-order valence-electron chi connectivity index (χ2n) is 5.63. The maximum Gasteiger partial charge on any atom is 0.00106 e. The first-order chi connectivity index (χ1) is 6.96. The van der Waals surface area contributed by atoms with Crippen molar-refractivity contribution >= 4 is 0 Å². The molecule has 2 unspecified atom stereocenters. The van der Waals surface area contributed by atoms with Gasteiger partial charge in [0.2, 0.25) is 0 Å². The maximum atomic E-state index is 3.61. The monoisotopic (exact) mass is 213 g/mol. The number of hydrogen-bond donors (Lipinski definition) is 1. The van der Waals surface area contributed by atoms with Crippen LogP contribution in [0.25, 0.3) is 0 Å². The van der Waals surface area contributed by atoms with Gasteiger partial charge in [-0.05, 0) is 17.8 Å². The number of nitrogens with one attached hydrogen (secondary N) is 1. The molecule has 0 aliphatic rings. The molecule has 0 aromatic rings. The summed E-state index contributed by atoms with van der Waals surface area (Å²) in [6.07, 6.45) is 5.30. The van der Waals surface area contributed by atoms with Gasteiger partial charge in [-0.1, -0.05) is 60.8 Å². The van der Waals surface area contributed by atoms with Crippen LogP contribution in [0.15, 0.2) is 0 Å². The molecule has 0 amide bonds. The predicted octanol–water partition coefficient (Wildman–Crippen LogP) is 4.23. The van der Waals surface area contributed by atoms with Crippen LogP contribution in [0.1, 0.15) is 67.2 Å². The highest BCUT2D eigenvalue weighted by Crippen LogP contribution is 2.34. The molecule has 0 bridgehead atoms. The number of rotatable bonds is 8. The van der Waals surface area contributed by atoms with Gasteiger partial charge < -0.3 is 5.32 Å². The fraction of sp³-hybridized carbons (Fsp3) is 1.00. The molecule has 1 nitrogen and oxygen atoms in total. The lowest BCUT2D eigenvalue weighted by Gasteiger charge is -2.37. The van der Waals surface area contributed by atoms with Crippen molar-refractivity contribution in [3.63, 3.8) is 0 Å². The summed E-state index contributed by atoms with van der Waals surface area (Å²) in [7, 11) is 0. The van der Waals surface area contributed by atoms with E-state index in [4.69, 9.17) is 0 Å². The Labute approximate surface area is 97.0 Å². The van der Waals surface area contributed by atoms with Crippen molar-refractivity contribution in [1.82, 2.24) is 5.32 Å². The molecule has 0 radical (unpaired) electrons. The summed E-state index contributed by atoms with van der Waals surface area (Å²) in [5, 5.41) is 3.61. The largest absolute Gasteiger partial charge is 0.314 e. The number of hydrogen-bond acceptors (Lipinski definition) is 1. The first-order valence-electron chi connectivity index (χ1n) is 6.69. The van der Waals surface area contributed by atoms with Crippen molar-refractivity contribution in [3.8, 4) is 0 Å². The Kier molecular flexibility index (Phi) is 7.25. The quantitative estimate of drug-likeness (QED) is 0.636. The molecule has 0 aromatic carbocycles. The molecule has 0 spiro atoms. The molecule has 2 atom stereocenters. The van der Waals surface area contributed by atoms with Crippen molar-refractivity contribution in [3.05, 3.63) is 0 Å². The standard InChI is InChI=1S/C14H31N/c1-7-9-13(5)14(6,10-8-2)11-15-12(3)4/h12-13,15H,7-11H2,1-6H3. The Balaban J connectivity index is 4.28. The summed E-state index contributed by atoms with van der Waals surface area (Å²) in [6.45, 7) is 15.1. The topological polar surface area (TPSA) is 12.0 Å². The highest BCUT2D eigenvalue weighted by molar-refractivity contribution is 4.82. The molecule has 0 heterocycles. The van der Waals surface area contributed by atoms with Crippen molar-refractivity contribution in [2.75, 3.05) is 6.54 Å². The van der Waals surface area contributed by atoms with Gasteiger partial charge in [0.25, 0.3) is 0 Å². The van der Waals surface area contributed by atoms with Crippen LogP contribution in [0.4, 0.5) is 0 Å². The Morgan fingerprint density at radius 2 is 1.67 bits per heavy atom. The summed E-state index contributed by atoms with van der Waals surface area (Å²) in [4.78, 5) is 0. The molecule has 92 valence electrons. The van der Waals surface area contributed by atoms with Gasteiger partial charge >= 0.3 is 0 Å². The first-order valence-corrected chi connectivity index (χ1v) is 6.69. The van der Waals surface area contributed by atoms with Gasteiger partial charge in [-0.3, -0.25) is 0 Å². The molecule has 0 saturated heterocycles. The van der Waals surface area contributed by atoms with Crippen LogP contribution in [-0.4, -0.2) is 12.6 Å². The molecule has 0 aliphatic heterocycles. The smallest absolute Gasteiger partial charge is 0.00106 e. The lowest BCUT2D eigenvalue weighted by Crippen LogP contribution is -2.39. The Hall–Kier alpha value is -0.0400. The van der Waals surface area contributed by atoms with Crippen LogP contribution in [0.3, 0.4) is 0 Å². The minimum atomic E-state index is 0.481. The zero-order chi connectivity index (χ0) is 11.9. The highest BCUT2D eigenvalue weighted by atomic mass is 14.9. The normalized spacial score (nSPS) is 17.8. The van der Waals surface area contributed by atoms with Gasteiger partial charge in [0, 0.05) is 12.6 Å². The van der Waals surface area contributed by atoms with E-state index in [0.29, 0.717) is 11.5 Å². The minimum Gasteiger partial charge on any atom is -0.314 e. The van der Waals surface area contributed by atoms with Crippen molar-refractivity contribution < 1.29 is 0 Å². The molecule has 1 heteroatoms. The van der Waals surface area contributed by atoms with Crippen molar-refractivity contribution in [2.24, 2.45) is 11.3 Å². The van der Waals surface area contributed by atoms with Gasteiger partial charge in [0.1, 0.15) is 0 Å². The van der Waals surface area contributed by atoms with Crippen LogP contribution in [0, 0.1) is 11.3 Å². The average Bonchev–Trinajstić information content (AvgIpc) is 2.15. The van der Waals surface area contributed by atoms with E-state index in [2.05, 4.69) is 46.9 Å². The molecular formula is C14H31N. The van der Waals surface area contributed by atoms with Crippen molar-refractivity contribution in [1.29, 1.82) is 0 Å². The fourth-order valence-electron chi connectivity index (χ4n) is 2.30. The second kappa shape index (κ2) is 7.27. The lowest BCUT2D eigenvalue weighted by molar-refractivity contribution is 0.161. The van der Waals surface area contributed by atoms with Gasteiger partial charge in [-0.25, -0.2) is 0 Å². The Morgan fingerprint density at radius 1 is 1.07 bits per heavy atom. The van der Waals surface area contributed by atoms with E-state index in [0.717, 1.165) is 5.92 Å². The van der Waals surface area contributed by atoms with E-state index in [-0.39, 0.29) is 0 Å². The molecule has 0 fully saturated rings. The Bertz CT molecular complexity index is 153. The third-order valence-corrected chi connectivity index (χ3v) is 3.65. The summed E-state index contributed by atoms with van der Waals surface area (Å²) < 4.78 is 0. The fourth-order valence-corrected chi connectivity index (χ4v) is 2.30. The van der Waals surface area contributed by atoms with E-state index >= 15 is 0 Å². The van der Waals surface area contributed by atoms with E-state index in [1.807, 2.05) is 0 Å². The Morgan fingerprint density at radius 3 is 2.07 bits per heavy atom. The summed E-state index contributed by atoms with van der Waals surface area (Å²) >= 11 is 0. The van der Waals surface area contributed by atoms with Crippen LogP contribution >= 0.6 is 0 Å². The maximum absolute atomic E-state index is 3.61. The molecule has 0 aromatic heterocycles. The molecule has 1 N–H and O–H groups in total. The zero-order valence-electron chi connectivity index (χ0n) is 11.7. The molecule has 0 saturated carbocycles. The SMILES string of the molecule is CCCC(C)C(C)(CCC)CNC(C)C. The summed E-state index contributed by atoms with van der Waals surface area (Å²) in [6, 6.07) is 0.606. The lowest BCUT2D eigenvalue weighted by atomic mass is 9.72. The van der Waals surface area contributed by atoms with Gasteiger partial charge in [0.05, 0.1) is 0 Å². The van der Waals surface area contributed by atoms with Crippen molar-refractivity contribution in [2.45, 2.75) is 73.3 Å². The van der Waals surface area contributed by atoms with Crippen LogP contribution in [0.2, 0.25) is 0 Å². The molecular weight excluding hydrogens is 182 g/mol. The third-order valence-electron chi connectivity index (χ3n) is 3.65. The van der Waals surface area contributed by atoms with E-state index in [1.165, 1.54) is 32.2 Å². The zero-order valence-corrected chi connectivity index (χ0v) is 11.7. The highest BCUT2D eigenvalue weighted by Gasteiger charge is 2.29. The van der Waals surface area contributed by atoms with E-state index in [9.17, 15) is 0 Å². The minimum absolute atomic E-state index is 0.481. The molecule has 15 heavy (non-hydrogen) atoms. The summed E-state index contributed by atoms with van der Waals surface area (Å²) in [5.41, 5.74) is 0.481. The van der Waals surface area contributed by atoms with Crippen LogP contribution in [-0.2, 0) is 0 Å². The second-order valence-corrected chi connectivity index (χ2v) is 5.63. The first kappa shape index (κ1) is 15.0. The summed E-state index contributed by atoms with van der Waals surface area (Å²) in [5.74, 6) is 0.827. The third kappa shape index (κ3) is 5.55. The van der Waals surface area contributed by atoms with Crippen LogP contribution in [0.5, 0.6) is 0 Å². The van der Waals surface area contributed by atoms with Crippen LogP contribution < -0.4 is 5.32 Å². The molecule has 0 rings (SSSR count). The van der Waals surface area contributed by atoms with Gasteiger partial charge in [-0.2, -0.15) is 0 Å².